The summed E-state index contributed by atoms with van der Waals surface area (Å²) in [6.07, 6.45) is 5.85. The van der Waals surface area contributed by atoms with Crippen molar-refractivity contribution in [3.8, 4) is 0 Å². The Morgan fingerprint density at radius 3 is 2.81 bits per heavy atom. The van der Waals surface area contributed by atoms with Gasteiger partial charge in [0.05, 0.1) is 11.6 Å². The molecule has 3 rings (SSSR count). The number of likely N-dealkylation sites (tertiary alicyclic amines) is 1. The first-order valence-electron chi connectivity index (χ1n) is 8.10. The van der Waals surface area contributed by atoms with Crippen LogP contribution in [0.4, 0.5) is 0 Å². The highest BCUT2D eigenvalue weighted by Crippen LogP contribution is 2.33. The summed E-state index contributed by atoms with van der Waals surface area (Å²) in [5.74, 6) is 0.475. The van der Waals surface area contributed by atoms with Crippen molar-refractivity contribution in [2.75, 3.05) is 13.1 Å². The summed E-state index contributed by atoms with van der Waals surface area (Å²) in [4.78, 5) is 18.5. The Balaban J connectivity index is 1.85. The van der Waals surface area contributed by atoms with Crippen LogP contribution in [-0.2, 0) is 11.3 Å². The predicted molar refractivity (Wildman–Crippen MR) is 80.5 cm³/mol. The van der Waals surface area contributed by atoms with Crippen LogP contribution in [0.3, 0.4) is 0 Å². The van der Waals surface area contributed by atoms with Crippen molar-refractivity contribution in [1.82, 2.24) is 14.5 Å². The number of piperidine rings is 1. The predicted octanol–water partition coefficient (Wildman–Crippen LogP) is 2.43. The van der Waals surface area contributed by atoms with Crippen molar-refractivity contribution in [1.29, 1.82) is 0 Å². The Morgan fingerprint density at radius 2 is 2.10 bits per heavy atom. The van der Waals surface area contributed by atoms with Gasteiger partial charge in [0, 0.05) is 31.2 Å². The molecule has 0 saturated carbocycles. The molecular formula is C16H25N3O2. The molecule has 1 fully saturated rings. The van der Waals surface area contributed by atoms with E-state index in [0.717, 1.165) is 43.9 Å². The van der Waals surface area contributed by atoms with Crippen molar-refractivity contribution in [2.24, 2.45) is 0 Å². The van der Waals surface area contributed by atoms with E-state index in [4.69, 9.17) is 0 Å². The first-order valence-corrected chi connectivity index (χ1v) is 8.10. The highest BCUT2D eigenvalue weighted by molar-refractivity contribution is 5.75. The van der Waals surface area contributed by atoms with Gasteiger partial charge in [-0.15, -0.1) is 0 Å². The van der Waals surface area contributed by atoms with Gasteiger partial charge in [0.15, 0.2) is 0 Å². The monoisotopic (exact) mass is 291 g/mol. The summed E-state index contributed by atoms with van der Waals surface area (Å²) in [7, 11) is 0. The van der Waals surface area contributed by atoms with Gasteiger partial charge in [-0.1, -0.05) is 0 Å². The molecule has 2 unspecified atom stereocenters. The molecule has 1 saturated heterocycles. The fourth-order valence-electron chi connectivity index (χ4n) is 3.79. The molecule has 0 aliphatic carbocycles. The molecule has 2 aliphatic heterocycles. The van der Waals surface area contributed by atoms with Crippen molar-refractivity contribution in [3.05, 3.63) is 17.7 Å². The lowest BCUT2D eigenvalue weighted by Crippen LogP contribution is -2.40. The van der Waals surface area contributed by atoms with E-state index in [0.29, 0.717) is 12.0 Å². The average molecular weight is 291 g/mol. The molecule has 0 bridgehead atoms. The molecule has 116 valence electrons. The van der Waals surface area contributed by atoms with E-state index in [1.807, 2.05) is 6.20 Å². The van der Waals surface area contributed by atoms with Crippen LogP contribution >= 0.6 is 0 Å². The van der Waals surface area contributed by atoms with Crippen LogP contribution in [0, 0.1) is 0 Å². The lowest BCUT2D eigenvalue weighted by molar-refractivity contribution is -0.139. The van der Waals surface area contributed by atoms with Crippen LogP contribution in [-0.4, -0.2) is 44.7 Å². The Hall–Kier alpha value is -1.36. The molecule has 0 amide bonds. The third kappa shape index (κ3) is 2.71. The summed E-state index contributed by atoms with van der Waals surface area (Å²) >= 11 is 0. The van der Waals surface area contributed by atoms with Gasteiger partial charge in [0.2, 0.25) is 0 Å². The highest BCUT2D eigenvalue weighted by Gasteiger charge is 2.32. The molecule has 0 aromatic carbocycles. The van der Waals surface area contributed by atoms with E-state index in [2.05, 4.69) is 28.3 Å². The number of carbonyl (C=O) groups is 1. The molecule has 3 heterocycles. The van der Waals surface area contributed by atoms with Crippen LogP contribution in [0.5, 0.6) is 0 Å². The summed E-state index contributed by atoms with van der Waals surface area (Å²) < 4.78 is 2.19. The zero-order chi connectivity index (χ0) is 15.0. The number of carboxylic acids is 1. The van der Waals surface area contributed by atoms with E-state index >= 15 is 0 Å². The highest BCUT2D eigenvalue weighted by atomic mass is 16.4. The maximum absolute atomic E-state index is 11.4. The minimum Gasteiger partial charge on any atom is -0.481 e. The standard InChI is InChI=1S/C16H25N3O2/c1-11(2)18-7-3-5-12(10-18)15-17-9-14-13(16(20)21)6-4-8-19(14)15/h9,11-13H,3-8,10H2,1-2H3,(H,20,21). The molecule has 1 aromatic rings. The average Bonchev–Trinajstić information content (AvgIpc) is 2.91. The smallest absolute Gasteiger partial charge is 0.312 e. The Bertz CT molecular complexity index is 524. The fraction of sp³-hybridized carbons (Fsp3) is 0.750. The summed E-state index contributed by atoms with van der Waals surface area (Å²) in [5, 5.41) is 9.37. The third-order valence-corrected chi connectivity index (χ3v) is 5.00. The van der Waals surface area contributed by atoms with Gasteiger partial charge in [-0.3, -0.25) is 4.79 Å². The van der Waals surface area contributed by atoms with Crippen LogP contribution in [0.1, 0.15) is 62.9 Å². The number of aliphatic carboxylic acids is 1. The zero-order valence-corrected chi connectivity index (χ0v) is 13.0. The number of hydrogen-bond acceptors (Lipinski definition) is 3. The number of imidazole rings is 1. The molecule has 1 aromatic heterocycles. The molecule has 5 nitrogen and oxygen atoms in total. The summed E-state index contributed by atoms with van der Waals surface area (Å²) in [5.41, 5.74) is 0.908. The Labute approximate surface area is 126 Å². The lowest BCUT2D eigenvalue weighted by atomic mass is 9.94. The molecule has 1 N–H and O–H groups in total. The quantitative estimate of drug-likeness (QED) is 0.929. The first kappa shape index (κ1) is 14.6. The number of nitrogens with zero attached hydrogens (tertiary/aromatic N) is 3. The minimum atomic E-state index is -0.713. The van der Waals surface area contributed by atoms with Crippen LogP contribution in [0.15, 0.2) is 6.20 Å². The van der Waals surface area contributed by atoms with E-state index in [9.17, 15) is 9.90 Å². The second kappa shape index (κ2) is 5.79. The summed E-state index contributed by atoms with van der Waals surface area (Å²) in [6, 6.07) is 0.565. The van der Waals surface area contributed by atoms with E-state index in [-0.39, 0.29) is 5.92 Å². The van der Waals surface area contributed by atoms with Crippen molar-refractivity contribution in [3.63, 3.8) is 0 Å². The van der Waals surface area contributed by atoms with Gasteiger partial charge < -0.3 is 14.6 Å². The van der Waals surface area contributed by atoms with E-state index in [1.54, 1.807) is 0 Å². The maximum Gasteiger partial charge on any atom is 0.312 e. The van der Waals surface area contributed by atoms with Crippen molar-refractivity contribution >= 4 is 5.97 Å². The molecule has 21 heavy (non-hydrogen) atoms. The van der Waals surface area contributed by atoms with Crippen LogP contribution < -0.4 is 0 Å². The molecule has 5 heteroatoms. The van der Waals surface area contributed by atoms with Crippen molar-refractivity contribution < 1.29 is 9.90 Å². The number of hydrogen-bond donors (Lipinski definition) is 1. The Kier molecular flexibility index (Phi) is 4.02. The molecule has 0 radical (unpaired) electrons. The lowest BCUT2D eigenvalue weighted by Gasteiger charge is -2.35. The minimum absolute atomic E-state index is 0.371. The second-order valence-electron chi connectivity index (χ2n) is 6.65. The van der Waals surface area contributed by atoms with Gasteiger partial charge >= 0.3 is 5.97 Å². The SMILES string of the molecule is CC(C)N1CCCC(c2ncc3n2CCCC3C(=O)O)C1. The number of aromatic nitrogens is 2. The summed E-state index contributed by atoms with van der Waals surface area (Å²) in [6.45, 7) is 7.62. The van der Waals surface area contributed by atoms with E-state index < -0.39 is 5.97 Å². The number of fused-ring (bicyclic) bond motifs is 1. The topological polar surface area (TPSA) is 58.4 Å². The van der Waals surface area contributed by atoms with Gasteiger partial charge in [-0.2, -0.15) is 0 Å². The third-order valence-electron chi connectivity index (χ3n) is 5.00. The normalized spacial score (nSPS) is 26.8. The molecule has 0 spiro atoms. The Morgan fingerprint density at radius 1 is 1.33 bits per heavy atom. The first-order chi connectivity index (χ1) is 10.1. The van der Waals surface area contributed by atoms with Crippen LogP contribution in [0.2, 0.25) is 0 Å². The fourth-order valence-corrected chi connectivity index (χ4v) is 3.79. The van der Waals surface area contributed by atoms with Gasteiger partial charge in [-0.05, 0) is 46.1 Å². The molecule has 2 aliphatic rings. The molecular weight excluding hydrogens is 266 g/mol. The largest absolute Gasteiger partial charge is 0.481 e. The van der Waals surface area contributed by atoms with E-state index in [1.165, 1.54) is 13.0 Å². The number of rotatable bonds is 3. The van der Waals surface area contributed by atoms with Gasteiger partial charge in [0.25, 0.3) is 0 Å². The molecule has 2 atom stereocenters. The van der Waals surface area contributed by atoms with Crippen molar-refractivity contribution in [2.45, 2.75) is 64.0 Å². The maximum atomic E-state index is 11.4. The van der Waals surface area contributed by atoms with Crippen LogP contribution in [0.25, 0.3) is 0 Å². The zero-order valence-electron chi connectivity index (χ0n) is 13.0. The second-order valence-corrected chi connectivity index (χ2v) is 6.65. The number of carboxylic acid groups (broad SMARTS) is 1. The van der Waals surface area contributed by atoms with Gasteiger partial charge in [-0.25, -0.2) is 4.98 Å². The van der Waals surface area contributed by atoms with Gasteiger partial charge in [0.1, 0.15) is 5.82 Å².